The zero-order valence-corrected chi connectivity index (χ0v) is 12.2. The van der Waals surface area contributed by atoms with E-state index in [-0.39, 0.29) is 15.7 Å². The lowest BCUT2D eigenvalue weighted by Gasteiger charge is -2.20. The first-order chi connectivity index (χ1) is 8.60. The largest absolute Gasteiger partial charge is 0.506 e. The maximum Gasteiger partial charge on any atom is 0.412 e. The fraction of sp³-hybridized carbons (Fsp3) is 0.333. The Morgan fingerprint density at radius 2 is 1.89 bits per heavy atom. The van der Waals surface area contributed by atoms with E-state index >= 15 is 0 Å². The van der Waals surface area contributed by atoms with Crippen LogP contribution in [0.4, 0.5) is 10.5 Å². The molecule has 0 aliphatic carbocycles. The highest BCUT2D eigenvalue weighted by Crippen LogP contribution is 2.31. The molecule has 1 amide bonds. The van der Waals surface area contributed by atoms with Gasteiger partial charge in [0.1, 0.15) is 16.9 Å². The molecule has 0 heterocycles. The number of aromatic hydroxyl groups is 1. The van der Waals surface area contributed by atoms with Crippen LogP contribution in [0, 0.1) is 0 Å². The first-order valence-electron chi connectivity index (χ1n) is 5.36. The molecule has 0 unspecified atom stereocenters. The van der Waals surface area contributed by atoms with Crippen LogP contribution in [0.15, 0.2) is 16.6 Å². The molecule has 0 fully saturated rings. The van der Waals surface area contributed by atoms with E-state index in [9.17, 15) is 14.7 Å². The maximum atomic E-state index is 11.5. The fourth-order valence-electron chi connectivity index (χ4n) is 1.26. The van der Waals surface area contributed by atoms with E-state index in [0.717, 1.165) is 6.07 Å². The van der Waals surface area contributed by atoms with Crippen molar-refractivity contribution in [3.05, 3.63) is 22.2 Å². The summed E-state index contributed by atoms with van der Waals surface area (Å²) in [5, 5.41) is 20.8. The second-order valence-corrected chi connectivity index (χ2v) is 5.64. The van der Waals surface area contributed by atoms with Crippen molar-refractivity contribution in [1.29, 1.82) is 0 Å². The topological polar surface area (TPSA) is 95.9 Å². The Morgan fingerprint density at radius 1 is 1.32 bits per heavy atom. The number of carbonyl (C=O) groups excluding carboxylic acids is 1. The summed E-state index contributed by atoms with van der Waals surface area (Å²) in [6.45, 7) is 5.13. The summed E-state index contributed by atoms with van der Waals surface area (Å²) in [6.07, 6.45) is -0.707. The molecule has 104 valence electrons. The van der Waals surface area contributed by atoms with Crippen LogP contribution in [0.2, 0.25) is 0 Å². The minimum Gasteiger partial charge on any atom is -0.506 e. The van der Waals surface area contributed by atoms with Gasteiger partial charge in [0, 0.05) is 5.69 Å². The van der Waals surface area contributed by atoms with Crippen LogP contribution in [-0.2, 0) is 4.74 Å². The molecular formula is C12H14BrNO5. The monoisotopic (exact) mass is 331 g/mol. The first kappa shape index (κ1) is 15.3. The molecule has 1 aromatic carbocycles. The van der Waals surface area contributed by atoms with Crippen LogP contribution in [0.25, 0.3) is 0 Å². The van der Waals surface area contributed by atoms with Gasteiger partial charge in [-0.05, 0) is 48.8 Å². The number of carboxylic acid groups (broad SMARTS) is 1. The summed E-state index contributed by atoms with van der Waals surface area (Å²) in [4.78, 5) is 22.5. The second kappa shape index (κ2) is 5.48. The number of ether oxygens (including phenoxy) is 1. The molecule has 19 heavy (non-hydrogen) atoms. The molecule has 7 heteroatoms. The van der Waals surface area contributed by atoms with Gasteiger partial charge in [-0.25, -0.2) is 9.59 Å². The van der Waals surface area contributed by atoms with Crippen LogP contribution in [0.5, 0.6) is 5.75 Å². The number of nitrogens with one attached hydrogen (secondary N) is 1. The highest BCUT2D eigenvalue weighted by atomic mass is 79.9. The Labute approximate surface area is 118 Å². The number of hydrogen-bond acceptors (Lipinski definition) is 4. The molecule has 0 saturated heterocycles. The average Bonchev–Trinajstić information content (AvgIpc) is 2.19. The standard InChI is InChI=1S/C12H14BrNO5/c1-12(2,3)19-11(18)14-6-4-7(10(16)17)9(15)8(13)5-6/h4-5,15H,1-3H3,(H,14,18)(H,16,17). The summed E-state index contributed by atoms with van der Waals surface area (Å²) >= 11 is 3.01. The number of aromatic carboxylic acids is 1. The number of carbonyl (C=O) groups is 2. The molecule has 1 rings (SSSR count). The number of phenols is 1. The molecule has 0 aromatic heterocycles. The van der Waals surface area contributed by atoms with E-state index in [0.29, 0.717) is 0 Å². The molecule has 0 atom stereocenters. The van der Waals surface area contributed by atoms with Crippen LogP contribution < -0.4 is 5.32 Å². The number of rotatable bonds is 2. The zero-order valence-electron chi connectivity index (χ0n) is 10.7. The minimum absolute atomic E-state index is 0.165. The summed E-state index contributed by atoms with van der Waals surface area (Å²) in [6, 6.07) is 2.53. The third-order valence-corrected chi connectivity index (χ3v) is 2.54. The molecule has 0 radical (unpaired) electrons. The lowest BCUT2D eigenvalue weighted by atomic mass is 10.2. The third kappa shape index (κ3) is 4.44. The van der Waals surface area contributed by atoms with Gasteiger partial charge in [-0.1, -0.05) is 0 Å². The minimum atomic E-state index is -1.30. The number of hydrogen-bond donors (Lipinski definition) is 3. The van der Waals surface area contributed by atoms with E-state index in [1.54, 1.807) is 20.8 Å². The molecule has 6 nitrogen and oxygen atoms in total. The summed E-state index contributed by atoms with van der Waals surface area (Å²) in [7, 11) is 0. The van der Waals surface area contributed by atoms with E-state index in [2.05, 4.69) is 21.2 Å². The van der Waals surface area contributed by atoms with Gasteiger partial charge >= 0.3 is 12.1 Å². The smallest absolute Gasteiger partial charge is 0.412 e. The van der Waals surface area contributed by atoms with Crippen molar-refractivity contribution in [1.82, 2.24) is 0 Å². The number of anilines is 1. The van der Waals surface area contributed by atoms with Gasteiger partial charge < -0.3 is 14.9 Å². The van der Waals surface area contributed by atoms with Crippen molar-refractivity contribution in [3.63, 3.8) is 0 Å². The maximum absolute atomic E-state index is 11.5. The summed E-state index contributed by atoms with van der Waals surface area (Å²) < 4.78 is 5.20. The molecule has 1 aromatic rings. The van der Waals surface area contributed by atoms with Crippen LogP contribution in [0.3, 0.4) is 0 Å². The van der Waals surface area contributed by atoms with Crippen LogP contribution in [0.1, 0.15) is 31.1 Å². The van der Waals surface area contributed by atoms with Crippen LogP contribution >= 0.6 is 15.9 Å². The summed E-state index contributed by atoms with van der Waals surface area (Å²) in [5.74, 6) is -1.70. The SMILES string of the molecule is CC(C)(C)OC(=O)Nc1cc(Br)c(O)c(C(=O)O)c1. The Morgan fingerprint density at radius 3 is 2.37 bits per heavy atom. The number of benzene rings is 1. The van der Waals surface area contributed by atoms with Gasteiger partial charge in [-0.3, -0.25) is 5.32 Å². The molecule has 0 spiro atoms. The van der Waals surface area contributed by atoms with E-state index < -0.39 is 23.4 Å². The van der Waals surface area contributed by atoms with Gasteiger partial charge in [-0.2, -0.15) is 0 Å². The van der Waals surface area contributed by atoms with Crippen molar-refractivity contribution in [3.8, 4) is 5.75 Å². The Kier molecular flexibility index (Phi) is 4.41. The lowest BCUT2D eigenvalue weighted by molar-refractivity contribution is 0.0632. The molecule has 0 bridgehead atoms. The number of halogens is 1. The lowest BCUT2D eigenvalue weighted by Crippen LogP contribution is -2.27. The van der Waals surface area contributed by atoms with Crippen molar-refractivity contribution in [2.24, 2.45) is 0 Å². The van der Waals surface area contributed by atoms with Crippen molar-refractivity contribution >= 4 is 33.7 Å². The second-order valence-electron chi connectivity index (χ2n) is 4.79. The predicted molar refractivity (Wildman–Crippen MR) is 72.6 cm³/mol. The van der Waals surface area contributed by atoms with Crippen molar-refractivity contribution in [2.45, 2.75) is 26.4 Å². The molecule has 0 aliphatic heterocycles. The molecule has 0 saturated carbocycles. The van der Waals surface area contributed by atoms with E-state index in [1.165, 1.54) is 6.07 Å². The van der Waals surface area contributed by atoms with Gasteiger partial charge in [-0.15, -0.1) is 0 Å². The fourth-order valence-corrected chi connectivity index (χ4v) is 1.72. The van der Waals surface area contributed by atoms with Gasteiger partial charge in [0.15, 0.2) is 0 Å². The zero-order chi connectivity index (χ0) is 14.8. The molecule has 0 aliphatic rings. The van der Waals surface area contributed by atoms with Crippen LogP contribution in [-0.4, -0.2) is 27.9 Å². The average molecular weight is 332 g/mol. The van der Waals surface area contributed by atoms with Crippen molar-refractivity contribution in [2.75, 3.05) is 5.32 Å². The quantitative estimate of drug-likeness (QED) is 0.723. The number of amides is 1. The summed E-state index contributed by atoms with van der Waals surface area (Å²) in [5.41, 5.74) is -0.773. The number of carboxylic acids is 1. The predicted octanol–water partition coefficient (Wildman–Crippen LogP) is 3.20. The van der Waals surface area contributed by atoms with Crippen molar-refractivity contribution < 1.29 is 24.5 Å². The highest BCUT2D eigenvalue weighted by molar-refractivity contribution is 9.10. The highest BCUT2D eigenvalue weighted by Gasteiger charge is 2.19. The van der Waals surface area contributed by atoms with Gasteiger partial charge in [0.2, 0.25) is 0 Å². The van der Waals surface area contributed by atoms with E-state index in [1.807, 2.05) is 0 Å². The Bertz CT molecular complexity index is 522. The molecular weight excluding hydrogens is 318 g/mol. The Hall–Kier alpha value is -1.76. The van der Waals surface area contributed by atoms with Gasteiger partial charge in [0.05, 0.1) is 4.47 Å². The van der Waals surface area contributed by atoms with Gasteiger partial charge in [0.25, 0.3) is 0 Å². The third-order valence-electron chi connectivity index (χ3n) is 1.94. The molecule has 3 N–H and O–H groups in total. The first-order valence-corrected chi connectivity index (χ1v) is 6.15. The normalized spacial score (nSPS) is 10.9. The van der Waals surface area contributed by atoms with E-state index in [4.69, 9.17) is 9.84 Å². The Balaban J connectivity index is 2.97.